The van der Waals surface area contributed by atoms with Gasteiger partial charge in [-0.05, 0) is 30.3 Å². The molecule has 26 heavy (non-hydrogen) atoms. The van der Waals surface area contributed by atoms with Gasteiger partial charge in [0.15, 0.2) is 0 Å². The predicted octanol–water partition coefficient (Wildman–Crippen LogP) is 5.38. The maximum Gasteiger partial charge on any atom is 0.124 e. The van der Waals surface area contributed by atoms with E-state index in [4.69, 9.17) is 5.10 Å². The Morgan fingerprint density at radius 3 is 2.27 bits per heavy atom. The highest BCUT2D eigenvalue weighted by Gasteiger charge is 2.17. The Kier molecular flexibility index (Phi) is 3.28. The first kappa shape index (κ1) is 14.8. The van der Waals surface area contributed by atoms with Crippen molar-refractivity contribution in [2.24, 2.45) is 0 Å². The van der Waals surface area contributed by atoms with Crippen molar-refractivity contribution >= 4 is 21.8 Å². The third-order valence-corrected chi connectivity index (χ3v) is 4.52. The van der Waals surface area contributed by atoms with Crippen molar-refractivity contribution in [1.82, 2.24) is 14.8 Å². The molecule has 2 heterocycles. The number of benzene rings is 3. The van der Waals surface area contributed by atoms with Crippen LogP contribution in [-0.4, -0.2) is 14.8 Å². The summed E-state index contributed by atoms with van der Waals surface area (Å²) in [6.45, 7) is 0. The number of fused-ring (bicyclic) bond motifs is 3. The summed E-state index contributed by atoms with van der Waals surface area (Å²) in [5.41, 5.74) is 4.37. The average molecular weight is 339 g/mol. The molecule has 0 saturated carbocycles. The van der Waals surface area contributed by atoms with Crippen LogP contribution in [0.15, 0.2) is 85.1 Å². The molecule has 0 amide bonds. The van der Waals surface area contributed by atoms with Crippen LogP contribution in [0.3, 0.4) is 0 Å². The topological polar surface area (TPSA) is 30.7 Å². The summed E-state index contributed by atoms with van der Waals surface area (Å²) < 4.78 is 15.8. The van der Waals surface area contributed by atoms with E-state index in [-0.39, 0.29) is 5.82 Å². The van der Waals surface area contributed by atoms with Crippen LogP contribution in [0.25, 0.3) is 38.8 Å². The Labute approximate surface area is 149 Å². The molecule has 0 aliphatic rings. The lowest BCUT2D eigenvalue weighted by molar-refractivity contribution is 0.629. The Morgan fingerprint density at radius 1 is 0.769 bits per heavy atom. The number of nitrogens with zero attached hydrogens (tertiary/aromatic N) is 3. The fourth-order valence-electron chi connectivity index (χ4n) is 3.32. The molecule has 0 unspecified atom stereocenters. The fraction of sp³-hybridized carbons (Fsp3) is 0. The van der Waals surface area contributed by atoms with Crippen LogP contribution in [0.1, 0.15) is 0 Å². The zero-order chi connectivity index (χ0) is 17.5. The zero-order valence-electron chi connectivity index (χ0n) is 13.8. The van der Waals surface area contributed by atoms with Gasteiger partial charge in [0.1, 0.15) is 11.5 Å². The van der Waals surface area contributed by atoms with Crippen LogP contribution < -0.4 is 0 Å². The van der Waals surface area contributed by atoms with Gasteiger partial charge in [-0.25, -0.2) is 9.07 Å². The van der Waals surface area contributed by atoms with Gasteiger partial charge in [0.2, 0.25) is 0 Å². The largest absolute Gasteiger partial charge is 0.255 e. The fourth-order valence-corrected chi connectivity index (χ4v) is 3.32. The first-order chi connectivity index (χ1) is 12.8. The van der Waals surface area contributed by atoms with Crippen molar-refractivity contribution < 1.29 is 4.39 Å². The SMILES string of the molecule is Fc1ccc2ncc3c(-c4ccccc4)nn(-c4ccccc4)c3c2c1. The predicted molar refractivity (Wildman–Crippen MR) is 102 cm³/mol. The Hall–Kier alpha value is -3.53. The minimum absolute atomic E-state index is 0.283. The summed E-state index contributed by atoms with van der Waals surface area (Å²) >= 11 is 0. The number of rotatable bonds is 2. The molecule has 124 valence electrons. The van der Waals surface area contributed by atoms with E-state index in [0.29, 0.717) is 0 Å². The molecule has 0 saturated heterocycles. The van der Waals surface area contributed by atoms with E-state index >= 15 is 0 Å². The lowest BCUT2D eigenvalue weighted by Crippen LogP contribution is -1.97. The van der Waals surface area contributed by atoms with E-state index in [0.717, 1.165) is 38.8 Å². The standard InChI is InChI=1S/C22H14FN3/c23-16-11-12-20-18(13-16)22-19(14-24-20)21(15-7-3-1-4-8-15)25-26(22)17-9-5-2-6-10-17/h1-14H. The van der Waals surface area contributed by atoms with Gasteiger partial charge in [0.25, 0.3) is 0 Å². The Balaban J connectivity index is 1.94. The third-order valence-electron chi connectivity index (χ3n) is 4.52. The van der Waals surface area contributed by atoms with E-state index in [1.807, 2.05) is 71.5 Å². The highest BCUT2D eigenvalue weighted by molar-refractivity contribution is 6.08. The molecule has 4 heteroatoms. The van der Waals surface area contributed by atoms with Crippen LogP contribution in [0.4, 0.5) is 4.39 Å². The van der Waals surface area contributed by atoms with Crippen LogP contribution in [0.2, 0.25) is 0 Å². The van der Waals surface area contributed by atoms with E-state index in [2.05, 4.69) is 4.98 Å². The van der Waals surface area contributed by atoms with E-state index in [1.165, 1.54) is 12.1 Å². The number of hydrogen-bond acceptors (Lipinski definition) is 2. The molecule has 5 rings (SSSR count). The van der Waals surface area contributed by atoms with E-state index in [9.17, 15) is 4.39 Å². The van der Waals surface area contributed by atoms with Crippen molar-refractivity contribution in [1.29, 1.82) is 0 Å². The second-order valence-corrected chi connectivity index (χ2v) is 6.14. The summed E-state index contributed by atoms with van der Waals surface area (Å²) in [6.07, 6.45) is 1.82. The third kappa shape index (κ3) is 2.27. The summed E-state index contributed by atoms with van der Waals surface area (Å²) in [6, 6.07) is 24.5. The van der Waals surface area contributed by atoms with Gasteiger partial charge < -0.3 is 0 Å². The maximum absolute atomic E-state index is 14.0. The van der Waals surface area contributed by atoms with Crippen LogP contribution >= 0.6 is 0 Å². The molecule has 0 bridgehead atoms. The summed E-state index contributed by atoms with van der Waals surface area (Å²) in [5.74, 6) is -0.283. The number of hydrogen-bond donors (Lipinski definition) is 0. The molecule has 5 aromatic rings. The van der Waals surface area contributed by atoms with Crippen molar-refractivity contribution in [2.45, 2.75) is 0 Å². The monoisotopic (exact) mass is 339 g/mol. The molecule has 0 fully saturated rings. The quantitative estimate of drug-likeness (QED) is 0.432. The van der Waals surface area contributed by atoms with Gasteiger partial charge in [-0.3, -0.25) is 4.98 Å². The molecule has 3 aromatic carbocycles. The highest BCUT2D eigenvalue weighted by Crippen LogP contribution is 2.33. The second-order valence-electron chi connectivity index (χ2n) is 6.14. The average Bonchev–Trinajstić information content (AvgIpc) is 3.09. The van der Waals surface area contributed by atoms with Crippen LogP contribution in [-0.2, 0) is 0 Å². The maximum atomic E-state index is 14.0. The number of pyridine rings is 1. The normalized spacial score (nSPS) is 11.3. The van der Waals surface area contributed by atoms with Crippen molar-refractivity contribution in [3.8, 4) is 16.9 Å². The van der Waals surface area contributed by atoms with Gasteiger partial charge in [0.05, 0.1) is 16.7 Å². The molecule has 0 spiro atoms. The van der Waals surface area contributed by atoms with Gasteiger partial charge >= 0.3 is 0 Å². The summed E-state index contributed by atoms with van der Waals surface area (Å²) in [7, 11) is 0. The van der Waals surface area contributed by atoms with Gasteiger partial charge in [-0.1, -0.05) is 48.5 Å². The van der Waals surface area contributed by atoms with Crippen molar-refractivity contribution in [2.75, 3.05) is 0 Å². The first-order valence-electron chi connectivity index (χ1n) is 8.39. The first-order valence-corrected chi connectivity index (χ1v) is 8.39. The van der Waals surface area contributed by atoms with E-state index < -0.39 is 0 Å². The Morgan fingerprint density at radius 2 is 1.50 bits per heavy atom. The molecule has 0 N–H and O–H groups in total. The van der Waals surface area contributed by atoms with Crippen LogP contribution in [0, 0.1) is 5.82 Å². The number of halogens is 1. The lowest BCUT2D eigenvalue weighted by atomic mass is 10.1. The smallest absolute Gasteiger partial charge is 0.124 e. The number of para-hydroxylation sites is 1. The minimum Gasteiger partial charge on any atom is -0.255 e. The molecule has 2 aromatic heterocycles. The molecule has 0 radical (unpaired) electrons. The molecular formula is C22H14FN3. The molecule has 0 aliphatic heterocycles. The summed E-state index contributed by atoms with van der Waals surface area (Å²) in [5, 5.41) is 6.52. The Bertz CT molecular complexity index is 1230. The highest BCUT2D eigenvalue weighted by atomic mass is 19.1. The second kappa shape index (κ2) is 5.77. The van der Waals surface area contributed by atoms with Gasteiger partial charge in [-0.15, -0.1) is 0 Å². The molecule has 0 aliphatic carbocycles. The van der Waals surface area contributed by atoms with Gasteiger partial charge in [0, 0.05) is 22.5 Å². The lowest BCUT2D eigenvalue weighted by Gasteiger charge is -2.05. The van der Waals surface area contributed by atoms with E-state index in [1.54, 1.807) is 6.07 Å². The number of aromatic nitrogens is 3. The molecule has 3 nitrogen and oxygen atoms in total. The zero-order valence-corrected chi connectivity index (χ0v) is 13.8. The van der Waals surface area contributed by atoms with Crippen molar-refractivity contribution in [3.05, 3.63) is 90.9 Å². The minimum atomic E-state index is -0.283. The summed E-state index contributed by atoms with van der Waals surface area (Å²) in [4.78, 5) is 4.52. The molecule has 0 atom stereocenters. The van der Waals surface area contributed by atoms with Crippen molar-refractivity contribution in [3.63, 3.8) is 0 Å². The van der Waals surface area contributed by atoms with Crippen LogP contribution in [0.5, 0.6) is 0 Å². The molecular weight excluding hydrogens is 325 g/mol. The van der Waals surface area contributed by atoms with Gasteiger partial charge in [-0.2, -0.15) is 5.10 Å².